The molecule has 1 aromatic carbocycles. The van der Waals surface area contributed by atoms with E-state index in [1.807, 2.05) is 6.92 Å². The van der Waals surface area contributed by atoms with E-state index < -0.39 is 44.0 Å². The zero-order valence-corrected chi connectivity index (χ0v) is 25.5. The molecule has 1 saturated heterocycles. The Kier molecular flexibility index (Phi) is 8.45. The summed E-state index contributed by atoms with van der Waals surface area (Å²) >= 11 is 8.28. The minimum absolute atomic E-state index is 0.0512. The molecule has 0 saturated carbocycles. The Labute approximate surface area is 247 Å². The maximum atomic E-state index is 13.6. The highest BCUT2D eigenvalue weighted by Gasteiger charge is 2.46. The maximum Gasteiger partial charge on any atom is 0.511 e. The third-order valence-corrected chi connectivity index (χ3v) is 12.8. The van der Waals surface area contributed by atoms with Crippen LogP contribution >= 0.6 is 34.3 Å². The van der Waals surface area contributed by atoms with Gasteiger partial charge in [-0.25, -0.2) is 26.5 Å². The van der Waals surface area contributed by atoms with Crippen molar-refractivity contribution in [2.24, 2.45) is 0 Å². The lowest BCUT2D eigenvalue weighted by atomic mass is 10.1. The van der Waals surface area contributed by atoms with Crippen molar-refractivity contribution < 1.29 is 34.8 Å². The lowest BCUT2D eigenvalue weighted by Gasteiger charge is -2.40. The number of amides is 1. The van der Waals surface area contributed by atoms with E-state index in [2.05, 4.69) is 10.3 Å². The predicted octanol–water partition coefficient (Wildman–Crippen LogP) is 3.39. The average molecular weight is 672 g/mol. The molecular formula is C23H25ClF3N5O5S4. The summed E-state index contributed by atoms with van der Waals surface area (Å²) < 4.78 is 92.2. The molecule has 3 aromatic rings. The molecule has 41 heavy (non-hydrogen) atoms. The number of alkyl halides is 3. The van der Waals surface area contributed by atoms with Crippen LogP contribution in [0.1, 0.15) is 33.7 Å². The van der Waals surface area contributed by atoms with Gasteiger partial charge in [0.1, 0.15) is 4.21 Å². The smallest absolute Gasteiger partial charge is 0.331 e. The van der Waals surface area contributed by atoms with Gasteiger partial charge in [0.25, 0.3) is 15.9 Å². The quantitative estimate of drug-likeness (QED) is 0.394. The third-order valence-electron chi connectivity index (χ3n) is 6.91. The number of piperazine rings is 1. The van der Waals surface area contributed by atoms with Crippen LogP contribution in [0, 0.1) is 0 Å². The molecule has 2 N–H and O–H groups in total. The van der Waals surface area contributed by atoms with E-state index in [-0.39, 0.29) is 41.3 Å². The van der Waals surface area contributed by atoms with Crippen molar-refractivity contribution in [1.29, 1.82) is 0 Å². The highest BCUT2D eigenvalue weighted by atomic mass is 35.5. The molecule has 1 fully saturated rings. The lowest BCUT2D eigenvalue weighted by molar-refractivity contribution is -0.0448. The van der Waals surface area contributed by atoms with Crippen molar-refractivity contribution >= 4 is 70.3 Å². The van der Waals surface area contributed by atoms with E-state index >= 15 is 0 Å². The fraction of sp³-hybridized carbons (Fsp3) is 0.478. The Hall–Kier alpha value is -1.86. The van der Waals surface area contributed by atoms with Gasteiger partial charge in [0.2, 0.25) is 0 Å². The summed E-state index contributed by atoms with van der Waals surface area (Å²) in [5, 5.41) is 4.62. The number of halogens is 4. The van der Waals surface area contributed by atoms with Crippen molar-refractivity contribution in [2.45, 2.75) is 48.1 Å². The number of sulfonamides is 2. The number of hydrogen-bond acceptors (Lipinski definition) is 9. The molecule has 0 bridgehead atoms. The van der Waals surface area contributed by atoms with Crippen LogP contribution in [0.25, 0.3) is 10.1 Å². The van der Waals surface area contributed by atoms with Gasteiger partial charge in [0.15, 0.2) is 5.01 Å². The number of nitrogens with one attached hydrogen (secondary N) is 2. The first-order chi connectivity index (χ1) is 19.2. The summed E-state index contributed by atoms with van der Waals surface area (Å²) in [4.78, 5) is 20.3. The fourth-order valence-corrected chi connectivity index (χ4v) is 9.60. The number of aromatic nitrogens is 1. The molecule has 5 rings (SSSR count). The van der Waals surface area contributed by atoms with Crippen LogP contribution < -0.4 is 10.0 Å². The molecule has 0 aliphatic carbocycles. The van der Waals surface area contributed by atoms with Gasteiger partial charge in [-0.1, -0.05) is 17.7 Å². The van der Waals surface area contributed by atoms with E-state index in [9.17, 15) is 34.8 Å². The second kappa shape index (κ2) is 11.3. The van der Waals surface area contributed by atoms with Crippen molar-refractivity contribution in [3.05, 3.63) is 44.9 Å². The summed E-state index contributed by atoms with van der Waals surface area (Å²) in [5.74, 6) is -0.478. The normalized spacial score (nSPS) is 20.9. The zero-order valence-electron chi connectivity index (χ0n) is 21.4. The molecular weight excluding hydrogens is 647 g/mol. The van der Waals surface area contributed by atoms with E-state index in [1.54, 1.807) is 18.2 Å². The Balaban J connectivity index is 1.39. The van der Waals surface area contributed by atoms with Crippen LogP contribution in [0.15, 0.2) is 28.5 Å². The van der Waals surface area contributed by atoms with Gasteiger partial charge in [-0.05, 0) is 36.9 Å². The van der Waals surface area contributed by atoms with Crippen LogP contribution in [0.3, 0.4) is 0 Å². The van der Waals surface area contributed by atoms with Crippen molar-refractivity contribution in [1.82, 2.24) is 24.2 Å². The van der Waals surface area contributed by atoms with Gasteiger partial charge >= 0.3 is 15.5 Å². The molecule has 224 valence electrons. The van der Waals surface area contributed by atoms with Gasteiger partial charge in [-0.15, -0.1) is 22.7 Å². The Morgan fingerprint density at radius 3 is 2.68 bits per heavy atom. The number of carbonyl (C=O) groups is 1. The highest BCUT2D eigenvalue weighted by Crippen LogP contribution is 2.34. The molecule has 18 heteroatoms. The predicted molar refractivity (Wildman–Crippen MR) is 150 cm³/mol. The van der Waals surface area contributed by atoms with Gasteiger partial charge in [0, 0.05) is 65.8 Å². The number of fused-ring (bicyclic) bond motifs is 2. The first-order valence-corrected chi connectivity index (χ1v) is 17.4. The summed E-state index contributed by atoms with van der Waals surface area (Å²) in [6.07, 6.45) is 0.382. The van der Waals surface area contributed by atoms with Gasteiger partial charge in [0.05, 0.1) is 5.69 Å². The SMILES string of the molecule is CC1Cc2nc(C(=O)N3CCN(S(=O)(=O)c4cc5ccc(Cl)cc5s4)CC3CCNS(=O)(=O)C(F)(F)F)sc2CN1. The van der Waals surface area contributed by atoms with Crippen molar-refractivity contribution in [3.63, 3.8) is 0 Å². The molecule has 0 spiro atoms. The fourth-order valence-electron chi connectivity index (χ4n) is 4.76. The molecule has 2 aliphatic rings. The second-order valence-corrected chi connectivity index (χ2v) is 16.3. The number of nitrogens with zero attached hydrogens (tertiary/aromatic N) is 3. The Morgan fingerprint density at radius 1 is 1.20 bits per heavy atom. The summed E-state index contributed by atoms with van der Waals surface area (Å²) in [6.45, 7) is 1.55. The van der Waals surface area contributed by atoms with Crippen LogP contribution in [0.4, 0.5) is 13.2 Å². The van der Waals surface area contributed by atoms with Crippen LogP contribution in [-0.2, 0) is 33.0 Å². The first kappa shape index (κ1) is 30.6. The Bertz CT molecular complexity index is 1690. The molecule has 2 aliphatic heterocycles. The number of rotatable bonds is 7. The maximum absolute atomic E-state index is 13.6. The Morgan fingerprint density at radius 2 is 1.95 bits per heavy atom. The largest absolute Gasteiger partial charge is 0.511 e. The topological polar surface area (TPSA) is 129 Å². The number of carbonyl (C=O) groups excluding carboxylic acids is 1. The summed E-state index contributed by atoms with van der Waals surface area (Å²) in [5.41, 5.74) is -4.70. The number of thiophene rings is 1. The molecule has 2 aromatic heterocycles. The van der Waals surface area contributed by atoms with Gasteiger partial charge < -0.3 is 10.2 Å². The van der Waals surface area contributed by atoms with Crippen molar-refractivity contribution in [2.75, 3.05) is 26.2 Å². The first-order valence-electron chi connectivity index (χ1n) is 12.4. The minimum atomic E-state index is -5.61. The standard InChI is InChI=1S/C23H25ClF3N5O5S4/c1-13-8-17-19(11-28-13)39-21(30-17)22(33)32-7-6-31(12-16(32)4-5-29-41(36,37)23(25,26)27)40(34,35)20-9-14-2-3-15(24)10-18(14)38-20/h2-3,9-10,13,16,28-29H,4-8,11-12H2,1H3. The summed E-state index contributed by atoms with van der Waals surface area (Å²) in [6, 6.07) is 5.78. The van der Waals surface area contributed by atoms with Gasteiger partial charge in [-0.3, -0.25) is 4.79 Å². The number of benzene rings is 1. The van der Waals surface area contributed by atoms with E-state index in [0.717, 1.165) is 21.9 Å². The monoisotopic (exact) mass is 671 g/mol. The van der Waals surface area contributed by atoms with E-state index in [4.69, 9.17) is 11.6 Å². The highest BCUT2D eigenvalue weighted by molar-refractivity contribution is 7.91. The molecule has 10 nitrogen and oxygen atoms in total. The zero-order chi connectivity index (χ0) is 29.7. The molecule has 2 unspecified atom stereocenters. The number of thiazole rings is 1. The lowest BCUT2D eigenvalue weighted by Crippen LogP contribution is -2.57. The third kappa shape index (κ3) is 6.27. The number of hydrogen-bond donors (Lipinski definition) is 2. The molecule has 4 heterocycles. The summed E-state index contributed by atoms with van der Waals surface area (Å²) in [7, 11) is -9.65. The van der Waals surface area contributed by atoms with E-state index in [0.29, 0.717) is 28.1 Å². The molecule has 2 atom stereocenters. The van der Waals surface area contributed by atoms with Crippen LogP contribution in [0.2, 0.25) is 5.02 Å². The molecule has 1 amide bonds. The van der Waals surface area contributed by atoms with E-state index in [1.165, 1.54) is 31.3 Å². The second-order valence-electron chi connectivity index (χ2n) is 9.77. The van der Waals surface area contributed by atoms with Crippen LogP contribution in [0.5, 0.6) is 0 Å². The average Bonchev–Trinajstić information content (AvgIpc) is 3.51. The molecule has 0 radical (unpaired) electrons. The van der Waals surface area contributed by atoms with Crippen molar-refractivity contribution in [3.8, 4) is 0 Å². The minimum Gasteiger partial charge on any atom is -0.331 e. The van der Waals surface area contributed by atoms with Crippen LogP contribution in [-0.4, -0.2) is 80.7 Å². The van der Waals surface area contributed by atoms with Gasteiger partial charge in [-0.2, -0.15) is 17.5 Å².